The number of aromatic amines is 1. The average molecular weight is 494 g/mol. The van der Waals surface area contributed by atoms with Crippen LogP contribution in [0.3, 0.4) is 0 Å². The van der Waals surface area contributed by atoms with E-state index in [1.54, 1.807) is 29.2 Å². The molecule has 0 aliphatic heterocycles. The van der Waals surface area contributed by atoms with Gasteiger partial charge in [-0.1, -0.05) is 75.0 Å². The van der Waals surface area contributed by atoms with E-state index in [9.17, 15) is 14.4 Å². The second kappa shape index (κ2) is 11.1. The van der Waals surface area contributed by atoms with Crippen LogP contribution < -0.4 is 5.56 Å². The van der Waals surface area contributed by atoms with E-state index >= 15 is 0 Å². The quantitative estimate of drug-likeness (QED) is 0.407. The second-order valence-corrected chi connectivity index (χ2v) is 10.2. The first-order valence-corrected chi connectivity index (χ1v) is 12.7. The van der Waals surface area contributed by atoms with Crippen LogP contribution in [0.15, 0.2) is 59.4 Å². The normalized spacial score (nSPS) is 14.3. The van der Waals surface area contributed by atoms with Crippen molar-refractivity contribution in [3.8, 4) is 16.9 Å². The zero-order chi connectivity index (χ0) is 24.9. The molecule has 0 atom stereocenters. The fraction of sp³-hybridized carbons (Fsp3) is 0.393. The van der Waals surface area contributed by atoms with Crippen molar-refractivity contribution in [3.05, 3.63) is 75.5 Å². The zero-order valence-electron chi connectivity index (χ0n) is 20.3. The van der Waals surface area contributed by atoms with Crippen molar-refractivity contribution in [1.82, 2.24) is 14.7 Å². The molecule has 35 heavy (non-hydrogen) atoms. The Labute approximate surface area is 210 Å². The summed E-state index contributed by atoms with van der Waals surface area (Å²) < 4.78 is 1.36. The van der Waals surface area contributed by atoms with E-state index in [0.717, 1.165) is 37.7 Å². The molecule has 1 N–H and O–H groups in total. The Balaban J connectivity index is 1.72. The van der Waals surface area contributed by atoms with Gasteiger partial charge < -0.3 is 4.90 Å². The molecule has 1 aliphatic carbocycles. The van der Waals surface area contributed by atoms with E-state index < -0.39 is 5.56 Å². The fourth-order valence-corrected chi connectivity index (χ4v) is 4.94. The number of hydrogen-bond acceptors (Lipinski definition) is 3. The molecule has 1 aromatic heterocycles. The van der Waals surface area contributed by atoms with Gasteiger partial charge in [-0.3, -0.25) is 19.5 Å². The molecule has 0 radical (unpaired) electrons. The fourth-order valence-electron chi connectivity index (χ4n) is 4.81. The lowest BCUT2D eigenvalue weighted by Crippen LogP contribution is -2.43. The summed E-state index contributed by atoms with van der Waals surface area (Å²) in [6.45, 7) is 4.44. The molecule has 7 heteroatoms. The third-order valence-electron chi connectivity index (χ3n) is 6.50. The van der Waals surface area contributed by atoms with E-state index in [2.05, 4.69) is 5.10 Å². The van der Waals surface area contributed by atoms with Crippen molar-refractivity contribution in [2.24, 2.45) is 11.8 Å². The van der Waals surface area contributed by atoms with Gasteiger partial charge >= 0.3 is 0 Å². The summed E-state index contributed by atoms with van der Waals surface area (Å²) in [5.41, 5.74) is 1.38. The smallest absolute Gasteiger partial charge is 0.282 e. The maximum absolute atomic E-state index is 13.7. The average Bonchev–Trinajstić information content (AvgIpc) is 3.21. The van der Waals surface area contributed by atoms with E-state index in [0.29, 0.717) is 22.9 Å². The van der Waals surface area contributed by atoms with E-state index in [1.807, 2.05) is 44.2 Å². The maximum Gasteiger partial charge on any atom is 0.282 e. The summed E-state index contributed by atoms with van der Waals surface area (Å²) in [5, 5.41) is 3.68. The summed E-state index contributed by atoms with van der Waals surface area (Å²) in [6, 6.07) is 16.1. The summed E-state index contributed by atoms with van der Waals surface area (Å²) in [7, 11) is 0. The van der Waals surface area contributed by atoms with Gasteiger partial charge in [0.05, 0.1) is 17.9 Å². The molecule has 0 bridgehead atoms. The van der Waals surface area contributed by atoms with Gasteiger partial charge in [0.25, 0.3) is 5.56 Å². The predicted molar refractivity (Wildman–Crippen MR) is 139 cm³/mol. The van der Waals surface area contributed by atoms with Gasteiger partial charge in [-0.05, 0) is 43.0 Å². The molecule has 1 fully saturated rings. The first-order valence-electron chi connectivity index (χ1n) is 12.3. The Kier molecular flexibility index (Phi) is 7.91. The van der Waals surface area contributed by atoms with Crippen LogP contribution in [-0.4, -0.2) is 39.5 Å². The standard InChI is InChI=1S/C28H32ClN3O3/c1-19(2)17-31(27(34)21-11-7-4-8-12-21)18-24(33)25-26(20-9-5-3-6-10-20)30-32(28(25)35)23-15-13-22(29)14-16-23/h3,5-6,9-10,13-16,19,21,30H,4,7-8,11-12,17-18H2,1-2H3. The first kappa shape index (κ1) is 25.0. The minimum Gasteiger partial charge on any atom is -0.334 e. The highest BCUT2D eigenvalue weighted by atomic mass is 35.5. The van der Waals surface area contributed by atoms with Gasteiger partial charge in [-0.15, -0.1) is 0 Å². The summed E-state index contributed by atoms with van der Waals surface area (Å²) in [6.07, 6.45) is 4.97. The highest BCUT2D eigenvalue weighted by Gasteiger charge is 2.30. The van der Waals surface area contributed by atoms with Crippen molar-refractivity contribution in [1.29, 1.82) is 0 Å². The molecular formula is C28H32ClN3O3. The number of H-pyrrole nitrogens is 1. The molecule has 184 valence electrons. The van der Waals surface area contributed by atoms with Crippen molar-refractivity contribution < 1.29 is 9.59 Å². The molecular weight excluding hydrogens is 462 g/mol. The van der Waals surface area contributed by atoms with Gasteiger partial charge in [0.15, 0.2) is 5.78 Å². The Morgan fingerprint density at radius 1 is 1.03 bits per heavy atom. The molecule has 0 spiro atoms. The monoisotopic (exact) mass is 493 g/mol. The van der Waals surface area contributed by atoms with Crippen LogP contribution in [0.5, 0.6) is 0 Å². The number of nitrogens with one attached hydrogen (secondary N) is 1. The molecule has 4 rings (SSSR count). The summed E-state index contributed by atoms with van der Waals surface area (Å²) in [5.74, 6) is -0.161. The number of benzene rings is 2. The highest BCUT2D eigenvalue weighted by Crippen LogP contribution is 2.27. The minimum atomic E-state index is -0.439. The van der Waals surface area contributed by atoms with Gasteiger partial charge in [-0.25, -0.2) is 4.68 Å². The van der Waals surface area contributed by atoms with Gasteiger partial charge in [0.2, 0.25) is 5.91 Å². The van der Waals surface area contributed by atoms with Crippen molar-refractivity contribution in [2.45, 2.75) is 46.0 Å². The van der Waals surface area contributed by atoms with Crippen LogP contribution in [0.4, 0.5) is 0 Å². The van der Waals surface area contributed by atoms with Crippen molar-refractivity contribution >= 4 is 23.3 Å². The van der Waals surface area contributed by atoms with Gasteiger partial charge in [0, 0.05) is 23.0 Å². The number of carbonyl (C=O) groups excluding carboxylic acids is 2. The lowest BCUT2D eigenvalue weighted by atomic mass is 9.88. The Morgan fingerprint density at radius 3 is 2.31 bits per heavy atom. The van der Waals surface area contributed by atoms with E-state index in [1.165, 1.54) is 4.68 Å². The number of halogens is 1. The molecule has 6 nitrogen and oxygen atoms in total. The van der Waals surface area contributed by atoms with Crippen molar-refractivity contribution in [3.63, 3.8) is 0 Å². The van der Waals surface area contributed by atoms with Gasteiger partial charge in [0.1, 0.15) is 5.56 Å². The van der Waals surface area contributed by atoms with Crippen LogP contribution in [0.1, 0.15) is 56.3 Å². The number of rotatable bonds is 8. The minimum absolute atomic E-state index is 0.0292. The SMILES string of the molecule is CC(C)CN(CC(=O)c1c(-c2ccccc2)[nH]n(-c2ccc(Cl)cc2)c1=O)C(=O)C1CCCCC1. The molecule has 0 saturated heterocycles. The number of ketones is 1. The summed E-state index contributed by atoms with van der Waals surface area (Å²) in [4.78, 5) is 42.3. The lowest BCUT2D eigenvalue weighted by Gasteiger charge is -2.30. The topological polar surface area (TPSA) is 75.2 Å². The molecule has 1 aliphatic rings. The molecule has 0 unspecified atom stereocenters. The number of Topliss-reactive ketones (excluding diaryl/α,β-unsaturated/α-hetero) is 1. The zero-order valence-corrected chi connectivity index (χ0v) is 21.1. The predicted octanol–water partition coefficient (Wildman–Crippen LogP) is 5.73. The lowest BCUT2D eigenvalue weighted by molar-refractivity contribution is -0.136. The molecule has 2 aromatic carbocycles. The number of hydrogen-bond donors (Lipinski definition) is 1. The van der Waals surface area contributed by atoms with Crippen LogP contribution in [0, 0.1) is 11.8 Å². The Morgan fingerprint density at radius 2 is 1.69 bits per heavy atom. The van der Waals surface area contributed by atoms with Gasteiger partial charge in [-0.2, -0.15) is 0 Å². The third kappa shape index (κ3) is 5.76. The molecule has 1 heterocycles. The number of amides is 1. The van der Waals surface area contributed by atoms with Crippen LogP contribution in [-0.2, 0) is 4.79 Å². The van der Waals surface area contributed by atoms with E-state index in [4.69, 9.17) is 11.6 Å². The number of carbonyl (C=O) groups is 2. The highest BCUT2D eigenvalue weighted by molar-refractivity contribution is 6.30. The number of nitrogens with zero attached hydrogens (tertiary/aromatic N) is 2. The molecule has 1 saturated carbocycles. The van der Waals surface area contributed by atoms with Crippen LogP contribution in [0.25, 0.3) is 16.9 Å². The Bertz CT molecular complexity index is 1220. The van der Waals surface area contributed by atoms with E-state index in [-0.39, 0.29) is 35.6 Å². The summed E-state index contributed by atoms with van der Waals surface area (Å²) >= 11 is 6.02. The van der Waals surface area contributed by atoms with Crippen molar-refractivity contribution in [2.75, 3.05) is 13.1 Å². The maximum atomic E-state index is 13.7. The molecule has 1 amide bonds. The van der Waals surface area contributed by atoms with Crippen LogP contribution >= 0.6 is 11.6 Å². The molecule has 3 aromatic rings. The van der Waals surface area contributed by atoms with Crippen LogP contribution in [0.2, 0.25) is 5.02 Å². The largest absolute Gasteiger partial charge is 0.334 e. The Hall–Kier alpha value is -3.12. The second-order valence-electron chi connectivity index (χ2n) is 9.72. The third-order valence-corrected chi connectivity index (χ3v) is 6.75. The number of aromatic nitrogens is 2. The first-order chi connectivity index (χ1) is 16.8.